The van der Waals surface area contributed by atoms with Crippen LogP contribution in [0.4, 0.5) is 0 Å². The molecule has 11 heavy (non-hydrogen) atoms. The van der Waals surface area contributed by atoms with Gasteiger partial charge >= 0.3 is 0 Å². The number of alkyl halides is 3. The molecule has 0 bridgehead atoms. The molecule has 0 heterocycles. The van der Waals surface area contributed by atoms with Crippen molar-refractivity contribution in [2.45, 2.75) is 40.9 Å². The molecule has 0 aromatic heterocycles. The van der Waals surface area contributed by atoms with E-state index >= 15 is 0 Å². The predicted octanol–water partition coefficient (Wildman–Crippen LogP) is 3.42. The topological polar surface area (TPSA) is 20.2 Å². The first kappa shape index (κ1) is 12.4. The molecule has 0 aliphatic heterocycles. The Labute approximate surface area is 93.3 Å². The molecule has 0 aliphatic carbocycles. The van der Waals surface area contributed by atoms with Gasteiger partial charge in [-0.05, 0) is 19.8 Å². The molecule has 2 unspecified atom stereocenters. The second kappa shape index (κ2) is 5.20. The van der Waals surface area contributed by atoms with E-state index in [1.54, 1.807) is 0 Å². The molecule has 4 heteroatoms. The smallest absolute Gasteiger partial charge is 0.0742 e. The van der Waals surface area contributed by atoms with Crippen molar-refractivity contribution in [2.24, 2.45) is 0 Å². The van der Waals surface area contributed by atoms with E-state index in [1.165, 1.54) is 0 Å². The number of halogens is 3. The van der Waals surface area contributed by atoms with Crippen molar-refractivity contribution in [1.82, 2.24) is 0 Å². The number of aliphatic hydroxyl groups is 1. The Balaban J connectivity index is 3.90. The highest BCUT2D eigenvalue weighted by molar-refractivity contribution is 9.24. The molecule has 0 aromatic rings. The third kappa shape index (κ3) is 4.86. The zero-order chi connectivity index (χ0) is 9.07. The zero-order valence-corrected chi connectivity index (χ0v) is 11.4. The van der Waals surface area contributed by atoms with Crippen LogP contribution < -0.4 is 0 Å². The van der Waals surface area contributed by atoms with Gasteiger partial charge < -0.3 is 5.11 Å². The van der Waals surface area contributed by atoms with Gasteiger partial charge in [-0.3, -0.25) is 0 Å². The molecule has 1 nitrogen and oxygen atoms in total. The van der Waals surface area contributed by atoms with Gasteiger partial charge in [0.05, 0.1) is 9.34 Å². The van der Waals surface area contributed by atoms with Crippen molar-refractivity contribution < 1.29 is 5.11 Å². The molecule has 0 aromatic carbocycles. The highest BCUT2D eigenvalue weighted by Gasteiger charge is 2.28. The molecule has 0 fully saturated rings. The maximum absolute atomic E-state index is 9.75. The minimum atomic E-state index is -0.611. The normalized spacial score (nSPS) is 19.9. The Morgan fingerprint density at radius 3 is 2.09 bits per heavy atom. The van der Waals surface area contributed by atoms with Crippen LogP contribution in [-0.4, -0.2) is 19.3 Å². The lowest BCUT2D eigenvalue weighted by Gasteiger charge is -2.27. The van der Waals surface area contributed by atoms with E-state index < -0.39 is 5.60 Å². The third-order valence-electron chi connectivity index (χ3n) is 1.78. The first-order valence-electron chi connectivity index (χ1n) is 3.54. The van der Waals surface area contributed by atoms with Crippen molar-refractivity contribution in [3.05, 3.63) is 0 Å². The summed E-state index contributed by atoms with van der Waals surface area (Å²) in [6.45, 7) is 3.82. The maximum atomic E-state index is 9.75. The molecule has 68 valence electrons. The van der Waals surface area contributed by atoms with E-state index in [0.29, 0.717) is 0 Å². The van der Waals surface area contributed by atoms with Crippen LogP contribution in [0.25, 0.3) is 0 Å². The molecule has 0 aliphatic rings. The van der Waals surface area contributed by atoms with Crippen molar-refractivity contribution >= 4 is 47.8 Å². The van der Waals surface area contributed by atoms with Gasteiger partial charge in [0, 0.05) is 4.83 Å². The SMILES string of the molecule is CCC(C)(O)C(Br)CC(Br)Br. The summed E-state index contributed by atoms with van der Waals surface area (Å²) in [6, 6.07) is 0. The Kier molecular flexibility index (Phi) is 5.86. The van der Waals surface area contributed by atoms with Crippen molar-refractivity contribution in [1.29, 1.82) is 0 Å². The van der Waals surface area contributed by atoms with Crippen molar-refractivity contribution in [3.63, 3.8) is 0 Å². The average molecular weight is 353 g/mol. The van der Waals surface area contributed by atoms with Gasteiger partial charge in [0.25, 0.3) is 0 Å². The lowest BCUT2D eigenvalue weighted by Crippen LogP contribution is -2.35. The first-order chi connectivity index (χ1) is 4.90. The molecular weight excluding hydrogens is 340 g/mol. The van der Waals surface area contributed by atoms with Gasteiger partial charge in [-0.25, -0.2) is 0 Å². The van der Waals surface area contributed by atoms with Crippen LogP contribution in [0.5, 0.6) is 0 Å². The largest absolute Gasteiger partial charge is 0.389 e. The van der Waals surface area contributed by atoms with E-state index in [1.807, 2.05) is 13.8 Å². The highest BCUT2D eigenvalue weighted by Crippen LogP contribution is 2.29. The summed E-state index contributed by atoms with van der Waals surface area (Å²) in [5.41, 5.74) is -0.611. The molecular formula is C7H13Br3O. The van der Waals surface area contributed by atoms with Gasteiger partial charge in [-0.1, -0.05) is 54.7 Å². The van der Waals surface area contributed by atoms with Crippen LogP contribution in [-0.2, 0) is 0 Å². The molecule has 0 saturated carbocycles. The van der Waals surface area contributed by atoms with E-state index in [4.69, 9.17) is 0 Å². The van der Waals surface area contributed by atoms with Crippen LogP contribution >= 0.6 is 47.8 Å². The van der Waals surface area contributed by atoms with Crippen molar-refractivity contribution in [3.8, 4) is 0 Å². The van der Waals surface area contributed by atoms with Crippen molar-refractivity contribution in [2.75, 3.05) is 0 Å². The fourth-order valence-corrected chi connectivity index (χ4v) is 3.08. The molecule has 0 spiro atoms. The summed E-state index contributed by atoms with van der Waals surface area (Å²) < 4.78 is 0.261. The summed E-state index contributed by atoms with van der Waals surface area (Å²) in [6.07, 6.45) is 1.62. The molecule has 2 atom stereocenters. The standard InChI is InChI=1S/C7H13Br3O/c1-3-7(2,11)5(8)4-6(9)10/h5-6,11H,3-4H2,1-2H3. The minimum Gasteiger partial charge on any atom is -0.389 e. The number of hydrogen-bond donors (Lipinski definition) is 1. The predicted molar refractivity (Wildman–Crippen MR) is 59.9 cm³/mol. The lowest BCUT2D eigenvalue weighted by atomic mass is 9.98. The number of rotatable bonds is 4. The number of hydrogen-bond acceptors (Lipinski definition) is 1. The third-order valence-corrected chi connectivity index (χ3v) is 3.88. The quantitative estimate of drug-likeness (QED) is 0.769. The minimum absolute atomic E-state index is 0.128. The molecule has 1 N–H and O–H groups in total. The van der Waals surface area contributed by atoms with E-state index in [9.17, 15) is 5.11 Å². The molecule has 0 amide bonds. The monoisotopic (exact) mass is 350 g/mol. The second-order valence-electron chi connectivity index (χ2n) is 2.81. The van der Waals surface area contributed by atoms with Gasteiger partial charge in [0.2, 0.25) is 0 Å². The molecule has 0 saturated heterocycles. The fraction of sp³-hybridized carbons (Fsp3) is 1.00. The second-order valence-corrected chi connectivity index (χ2v) is 7.35. The Hall–Kier alpha value is 1.40. The summed E-state index contributed by atoms with van der Waals surface area (Å²) in [4.78, 5) is 0.128. The summed E-state index contributed by atoms with van der Waals surface area (Å²) in [5, 5.41) is 9.75. The van der Waals surface area contributed by atoms with E-state index in [-0.39, 0.29) is 8.56 Å². The summed E-state index contributed by atoms with van der Waals surface area (Å²) >= 11 is 10.2. The Morgan fingerprint density at radius 2 is 1.82 bits per heavy atom. The maximum Gasteiger partial charge on any atom is 0.0742 e. The zero-order valence-electron chi connectivity index (χ0n) is 6.65. The van der Waals surface area contributed by atoms with E-state index in [0.717, 1.165) is 12.8 Å². The molecule has 0 rings (SSSR count). The lowest BCUT2D eigenvalue weighted by molar-refractivity contribution is 0.0545. The van der Waals surface area contributed by atoms with Gasteiger partial charge in [-0.15, -0.1) is 0 Å². The van der Waals surface area contributed by atoms with Crippen LogP contribution in [0.3, 0.4) is 0 Å². The Bertz CT molecular complexity index is 114. The van der Waals surface area contributed by atoms with Gasteiger partial charge in [0.15, 0.2) is 0 Å². The van der Waals surface area contributed by atoms with Crippen LogP contribution in [0.1, 0.15) is 26.7 Å². The van der Waals surface area contributed by atoms with Gasteiger partial charge in [0.1, 0.15) is 0 Å². The van der Waals surface area contributed by atoms with E-state index in [2.05, 4.69) is 47.8 Å². The average Bonchev–Trinajstić information content (AvgIpc) is 1.86. The van der Waals surface area contributed by atoms with Gasteiger partial charge in [-0.2, -0.15) is 0 Å². The highest BCUT2D eigenvalue weighted by atomic mass is 79.9. The molecule has 0 radical (unpaired) electrons. The van der Waals surface area contributed by atoms with Crippen LogP contribution in [0, 0.1) is 0 Å². The summed E-state index contributed by atoms with van der Waals surface area (Å²) in [5.74, 6) is 0. The first-order valence-corrected chi connectivity index (χ1v) is 6.29. The fourth-order valence-electron chi connectivity index (χ4n) is 0.632. The van der Waals surface area contributed by atoms with Crippen LogP contribution in [0.2, 0.25) is 0 Å². The van der Waals surface area contributed by atoms with Crippen LogP contribution in [0.15, 0.2) is 0 Å². The Morgan fingerprint density at radius 1 is 1.36 bits per heavy atom. The summed E-state index contributed by atoms with van der Waals surface area (Å²) in [7, 11) is 0.